The SMILES string of the molecule is Cc1ccc(C(O)CCN2CCc3sccc3C2)cc1F. The van der Waals surface area contributed by atoms with Crippen LogP contribution in [0.2, 0.25) is 0 Å². The molecule has 1 unspecified atom stereocenters. The normalized spacial score (nSPS) is 16.7. The van der Waals surface area contributed by atoms with Gasteiger partial charge in [-0.05, 0) is 54.0 Å². The first kappa shape index (κ1) is 14.7. The third kappa shape index (κ3) is 3.34. The van der Waals surface area contributed by atoms with Crippen molar-refractivity contribution < 1.29 is 9.50 Å². The molecule has 1 aromatic heterocycles. The molecule has 112 valence electrons. The third-order valence-corrected chi connectivity index (χ3v) is 5.21. The van der Waals surface area contributed by atoms with Gasteiger partial charge in [-0.2, -0.15) is 0 Å². The molecular weight excluding hydrogens is 285 g/mol. The summed E-state index contributed by atoms with van der Waals surface area (Å²) in [5, 5.41) is 12.4. The van der Waals surface area contributed by atoms with E-state index in [9.17, 15) is 9.50 Å². The molecule has 0 fully saturated rings. The Morgan fingerprint density at radius 1 is 1.38 bits per heavy atom. The van der Waals surface area contributed by atoms with E-state index < -0.39 is 6.10 Å². The second kappa shape index (κ2) is 6.26. The number of hydrogen-bond acceptors (Lipinski definition) is 3. The maximum atomic E-state index is 13.5. The lowest BCUT2D eigenvalue weighted by Crippen LogP contribution is -2.31. The minimum absolute atomic E-state index is 0.243. The average molecular weight is 305 g/mol. The van der Waals surface area contributed by atoms with E-state index in [1.54, 1.807) is 13.0 Å². The Morgan fingerprint density at radius 3 is 3.05 bits per heavy atom. The molecule has 2 heterocycles. The van der Waals surface area contributed by atoms with Crippen molar-refractivity contribution in [2.24, 2.45) is 0 Å². The molecule has 1 aliphatic heterocycles. The highest BCUT2D eigenvalue weighted by molar-refractivity contribution is 7.10. The lowest BCUT2D eigenvalue weighted by Gasteiger charge is -2.27. The molecule has 0 bridgehead atoms. The van der Waals surface area contributed by atoms with Crippen molar-refractivity contribution in [2.45, 2.75) is 32.4 Å². The summed E-state index contributed by atoms with van der Waals surface area (Å²) in [6, 6.07) is 7.19. The maximum absolute atomic E-state index is 13.5. The van der Waals surface area contributed by atoms with Crippen LogP contribution in [0.3, 0.4) is 0 Å². The van der Waals surface area contributed by atoms with E-state index in [0.29, 0.717) is 17.5 Å². The molecule has 0 saturated carbocycles. The molecule has 2 nitrogen and oxygen atoms in total. The number of aryl methyl sites for hydroxylation is 1. The van der Waals surface area contributed by atoms with Crippen LogP contribution in [0.5, 0.6) is 0 Å². The molecule has 2 aromatic rings. The highest BCUT2D eigenvalue weighted by atomic mass is 32.1. The number of halogens is 1. The van der Waals surface area contributed by atoms with Crippen molar-refractivity contribution in [3.8, 4) is 0 Å². The van der Waals surface area contributed by atoms with Crippen molar-refractivity contribution in [3.05, 3.63) is 57.0 Å². The van der Waals surface area contributed by atoms with E-state index in [1.165, 1.54) is 16.5 Å². The summed E-state index contributed by atoms with van der Waals surface area (Å²) in [5.74, 6) is -0.243. The standard InChI is InChI=1S/C17H20FNOS/c1-12-2-3-13(10-15(12)18)16(20)4-7-19-8-5-17-14(11-19)6-9-21-17/h2-3,6,9-10,16,20H,4-5,7-8,11H2,1H3. The van der Waals surface area contributed by atoms with Crippen LogP contribution < -0.4 is 0 Å². The summed E-state index contributed by atoms with van der Waals surface area (Å²) < 4.78 is 13.5. The van der Waals surface area contributed by atoms with Crippen molar-refractivity contribution in [2.75, 3.05) is 13.1 Å². The molecule has 21 heavy (non-hydrogen) atoms. The van der Waals surface area contributed by atoms with Gasteiger partial charge in [0.15, 0.2) is 0 Å². The maximum Gasteiger partial charge on any atom is 0.126 e. The molecule has 4 heteroatoms. The Morgan fingerprint density at radius 2 is 2.24 bits per heavy atom. The first-order valence-electron chi connectivity index (χ1n) is 7.35. The zero-order valence-corrected chi connectivity index (χ0v) is 13.0. The lowest BCUT2D eigenvalue weighted by atomic mass is 10.0. The molecular formula is C17H20FNOS. The van der Waals surface area contributed by atoms with Crippen LogP contribution >= 0.6 is 11.3 Å². The summed E-state index contributed by atoms with van der Waals surface area (Å²) in [5.41, 5.74) is 2.71. The fraction of sp³-hybridized carbons (Fsp3) is 0.412. The van der Waals surface area contributed by atoms with Crippen molar-refractivity contribution in [1.29, 1.82) is 0 Å². The molecule has 0 aliphatic carbocycles. The number of nitrogens with zero attached hydrogens (tertiary/aromatic N) is 1. The van der Waals surface area contributed by atoms with Crippen LogP contribution in [-0.4, -0.2) is 23.1 Å². The summed E-state index contributed by atoms with van der Waals surface area (Å²) in [7, 11) is 0. The van der Waals surface area contributed by atoms with Crippen molar-refractivity contribution in [1.82, 2.24) is 4.90 Å². The Hall–Kier alpha value is -1.23. The van der Waals surface area contributed by atoms with Gasteiger partial charge in [0.1, 0.15) is 5.82 Å². The van der Waals surface area contributed by atoms with Crippen LogP contribution in [0.4, 0.5) is 4.39 Å². The average Bonchev–Trinajstić information content (AvgIpc) is 2.95. The largest absolute Gasteiger partial charge is 0.388 e. The van der Waals surface area contributed by atoms with E-state index in [-0.39, 0.29) is 5.82 Å². The topological polar surface area (TPSA) is 23.5 Å². The van der Waals surface area contributed by atoms with Crippen LogP contribution in [0.15, 0.2) is 29.6 Å². The van der Waals surface area contributed by atoms with E-state index >= 15 is 0 Å². The van der Waals surface area contributed by atoms with E-state index in [0.717, 1.165) is 26.1 Å². The smallest absolute Gasteiger partial charge is 0.126 e. The molecule has 0 spiro atoms. The van der Waals surface area contributed by atoms with Crippen LogP contribution in [0, 0.1) is 12.7 Å². The van der Waals surface area contributed by atoms with Gasteiger partial charge in [-0.25, -0.2) is 4.39 Å². The fourth-order valence-electron chi connectivity index (χ4n) is 2.79. The molecule has 1 N–H and O–H groups in total. The van der Waals surface area contributed by atoms with Crippen LogP contribution in [-0.2, 0) is 13.0 Å². The number of rotatable bonds is 4. The highest BCUT2D eigenvalue weighted by Crippen LogP contribution is 2.25. The highest BCUT2D eigenvalue weighted by Gasteiger charge is 2.18. The zero-order chi connectivity index (χ0) is 14.8. The monoisotopic (exact) mass is 305 g/mol. The van der Waals surface area contributed by atoms with Gasteiger partial charge in [0.25, 0.3) is 0 Å². The van der Waals surface area contributed by atoms with E-state index in [1.807, 2.05) is 17.4 Å². The predicted molar refractivity (Wildman–Crippen MR) is 84.0 cm³/mol. The van der Waals surface area contributed by atoms with E-state index in [2.05, 4.69) is 16.3 Å². The Labute approximate surface area is 128 Å². The minimum Gasteiger partial charge on any atom is -0.388 e. The number of aliphatic hydroxyl groups excluding tert-OH is 1. The van der Waals surface area contributed by atoms with Gasteiger partial charge < -0.3 is 5.11 Å². The summed E-state index contributed by atoms with van der Waals surface area (Å²) in [6.07, 6.45) is 1.15. The summed E-state index contributed by atoms with van der Waals surface area (Å²) in [4.78, 5) is 3.86. The third-order valence-electron chi connectivity index (χ3n) is 4.19. The first-order valence-corrected chi connectivity index (χ1v) is 8.23. The molecule has 1 atom stereocenters. The van der Waals surface area contributed by atoms with Crippen molar-refractivity contribution in [3.63, 3.8) is 0 Å². The van der Waals surface area contributed by atoms with Crippen LogP contribution in [0.1, 0.15) is 34.1 Å². The fourth-order valence-corrected chi connectivity index (χ4v) is 3.68. The van der Waals surface area contributed by atoms with E-state index in [4.69, 9.17) is 0 Å². The summed E-state index contributed by atoms with van der Waals surface area (Å²) >= 11 is 1.83. The molecule has 0 radical (unpaired) electrons. The Balaban J connectivity index is 1.56. The van der Waals surface area contributed by atoms with Gasteiger partial charge in [-0.3, -0.25) is 4.90 Å². The Kier molecular flexibility index (Phi) is 4.38. The first-order chi connectivity index (χ1) is 10.1. The molecule has 1 aliphatic rings. The van der Waals surface area contributed by atoms with Gasteiger partial charge in [-0.1, -0.05) is 12.1 Å². The zero-order valence-electron chi connectivity index (χ0n) is 12.2. The summed E-state index contributed by atoms with van der Waals surface area (Å²) in [6.45, 7) is 4.58. The van der Waals surface area contributed by atoms with Crippen LogP contribution in [0.25, 0.3) is 0 Å². The number of thiophene rings is 1. The molecule has 3 rings (SSSR count). The van der Waals surface area contributed by atoms with Gasteiger partial charge in [0.05, 0.1) is 6.10 Å². The lowest BCUT2D eigenvalue weighted by molar-refractivity contribution is 0.137. The molecule has 0 amide bonds. The number of benzene rings is 1. The predicted octanol–water partition coefficient (Wildman–Crippen LogP) is 3.68. The second-order valence-electron chi connectivity index (χ2n) is 5.71. The van der Waals surface area contributed by atoms with Crippen molar-refractivity contribution >= 4 is 11.3 Å². The number of hydrogen-bond donors (Lipinski definition) is 1. The molecule has 1 aromatic carbocycles. The number of fused-ring (bicyclic) bond motifs is 1. The second-order valence-corrected chi connectivity index (χ2v) is 6.71. The number of aliphatic hydroxyl groups is 1. The Bertz CT molecular complexity index is 625. The van der Waals surface area contributed by atoms with Gasteiger partial charge >= 0.3 is 0 Å². The quantitative estimate of drug-likeness (QED) is 0.931. The van der Waals surface area contributed by atoms with Gasteiger partial charge in [-0.15, -0.1) is 11.3 Å². The molecule has 0 saturated heterocycles. The van der Waals surface area contributed by atoms with Gasteiger partial charge in [0.2, 0.25) is 0 Å². The minimum atomic E-state index is -0.594. The van der Waals surface area contributed by atoms with Gasteiger partial charge in [0, 0.05) is 24.5 Å².